The Kier molecular flexibility index (Phi) is 5.97. The van der Waals surface area contributed by atoms with Crippen molar-refractivity contribution in [1.29, 1.82) is 0 Å². The molecular formula is C22H27N5O3S. The summed E-state index contributed by atoms with van der Waals surface area (Å²) in [5.74, 6) is 0.254. The number of nitrogens with one attached hydrogen (secondary N) is 1. The van der Waals surface area contributed by atoms with Crippen molar-refractivity contribution in [3.63, 3.8) is 0 Å². The first-order valence-electron chi connectivity index (χ1n) is 10.5. The molecule has 0 saturated carbocycles. The maximum Gasteiger partial charge on any atom is 0.250 e. The summed E-state index contributed by atoms with van der Waals surface area (Å²) in [6.45, 7) is 4.21. The zero-order chi connectivity index (χ0) is 22.0. The van der Waals surface area contributed by atoms with Crippen LogP contribution in [0.3, 0.4) is 0 Å². The molecule has 9 heteroatoms. The monoisotopic (exact) mass is 441 g/mol. The molecule has 0 atom stereocenters. The number of aromatic nitrogens is 2. The molecule has 1 saturated heterocycles. The highest BCUT2D eigenvalue weighted by Gasteiger charge is 2.26. The lowest BCUT2D eigenvalue weighted by Gasteiger charge is -2.25. The van der Waals surface area contributed by atoms with Crippen LogP contribution in [-0.2, 0) is 23.1 Å². The van der Waals surface area contributed by atoms with Gasteiger partial charge in [0.05, 0.1) is 28.0 Å². The summed E-state index contributed by atoms with van der Waals surface area (Å²) in [5.41, 5.74) is 8.02. The molecule has 31 heavy (non-hydrogen) atoms. The SMILES string of the molecule is CCn1c(CNc2ccccc2C(N)=O)nc2cc(S(=O)(=O)N3CCCCC3)ccc21. The van der Waals surface area contributed by atoms with E-state index in [0.717, 1.165) is 30.6 Å². The molecular weight excluding hydrogens is 414 g/mol. The summed E-state index contributed by atoms with van der Waals surface area (Å²) in [4.78, 5) is 16.6. The van der Waals surface area contributed by atoms with E-state index in [1.165, 1.54) is 0 Å². The van der Waals surface area contributed by atoms with Gasteiger partial charge in [0.15, 0.2) is 0 Å². The molecule has 1 amide bonds. The van der Waals surface area contributed by atoms with Crippen LogP contribution in [0.1, 0.15) is 42.4 Å². The van der Waals surface area contributed by atoms with E-state index in [1.54, 1.807) is 34.6 Å². The predicted octanol–water partition coefficient (Wildman–Crippen LogP) is 2.94. The largest absolute Gasteiger partial charge is 0.377 e. The number of hydrogen-bond acceptors (Lipinski definition) is 5. The van der Waals surface area contributed by atoms with Gasteiger partial charge in [-0.3, -0.25) is 4.79 Å². The Labute approximate surface area is 182 Å². The second-order valence-electron chi connectivity index (χ2n) is 7.65. The second kappa shape index (κ2) is 8.68. The van der Waals surface area contributed by atoms with Gasteiger partial charge in [-0.05, 0) is 50.1 Å². The predicted molar refractivity (Wildman–Crippen MR) is 120 cm³/mol. The Morgan fingerprint density at radius 2 is 1.87 bits per heavy atom. The minimum atomic E-state index is -3.52. The van der Waals surface area contributed by atoms with Crippen molar-refractivity contribution in [3.8, 4) is 0 Å². The highest BCUT2D eigenvalue weighted by molar-refractivity contribution is 7.89. The molecule has 1 aromatic heterocycles. The van der Waals surface area contributed by atoms with Crippen LogP contribution >= 0.6 is 0 Å². The van der Waals surface area contributed by atoms with E-state index in [0.29, 0.717) is 42.9 Å². The lowest BCUT2D eigenvalue weighted by atomic mass is 10.1. The van der Waals surface area contributed by atoms with Crippen LogP contribution in [0.15, 0.2) is 47.4 Å². The molecule has 8 nitrogen and oxygen atoms in total. The number of carbonyl (C=O) groups excluding carboxylic acids is 1. The van der Waals surface area contributed by atoms with Gasteiger partial charge in [-0.2, -0.15) is 4.31 Å². The van der Waals surface area contributed by atoms with E-state index in [1.807, 2.05) is 23.6 Å². The summed E-state index contributed by atoms with van der Waals surface area (Å²) in [7, 11) is -3.52. The van der Waals surface area contributed by atoms with Gasteiger partial charge in [-0.25, -0.2) is 13.4 Å². The van der Waals surface area contributed by atoms with Crippen LogP contribution in [0, 0.1) is 0 Å². The third-order valence-electron chi connectivity index (χ3n) is 5.70. The van der Waals surface area contributed by atoms with E-state index < -0.39 is 15.9 Å². The van der Waals surface area contributed by atoms with Crippen molar-refractivity contribution in [1.82, 2.24) is 13.9 Å². The molecule has 0 aliphatic carbocycles. The molecule has 1 aliphatic rings. The fourth-order valence-electron chi connectivity index (χ4n) is 4.09. The van der Waals surface area contributed by atoms with E-state index in [2.05, 4.69) is 5.32 Å². The zero-order valence-corrected chi connectivity index (χ0v) is 18.4. The molecule has 2 aromatic carbocycles. The topological polar surface area (TPSA) is 110 Å². The Balaban J connectivity index is 1.64. The number of nitrogens with two attached hydrogens (primary N) is 1. The van der Waals surface area contributed by atoms with Crippen LogP contribution in [-0.4, -0.2) is 41.3 Å². The molecule has 2 heterocycles. The number of carbonyl (C=O) groups is 1. The maximum atomic E-state index is 13.0. The number of primary amides is 1. The standard InChI is InChI=1S/C22H27N5O3S/c1-2-27-20-11-10-16(31(29,30)26-12-6-3-7-13-26)14-19(20)25-21(27)15-24-18-9-5-4-8-17(18)22(23)28/h4-5,8-11,14,24H,2-3,6-7,12-13,15H2,1H3,(H2,23,28). The van der Waals surface area contributed by atoms with Gasteiger partial charge in [-0.1, -0.05) is 18.6 Å². The summed E-state index contributed by atoms with van der Waals surface area (Å²) >= 11 is 0. The van der Waals surface area contributed by atoms with Gasteiger partial charge in [0, 0.05) is 25.3 Å². The summed E-state index contributed by atoms with van der Waals surface area (Å²) in [6, 6.07) is 12.2. The number of amides is 1. The molecule has 164 valence electrons. The molecule has 0 unspecified atom stereocenters. The number of sulfonamides is 1. The minimum Gasteiger partial charge on any atom is -0.377 e. The number of benzene rings is 2. The van der Waals surface area contributed by atoms with Crippen molar-refractivity contribution >= 4 is 32.7 Å². The number of piperidine rings is 1. The highest BCUT2D eigenvalue weighted by Crippen LogP contribution is 2.25. The number of nitrogens with zero attached hydrogens (tertiary/aromatic N) is 3. The number of rotatable bonds is 7. The van der Waals surface area contributed by atoms with Crippen LogP contribution in [0.5, 0.6) is 0 Å². The second-order valence-corrected chi connectivity index (χ2v) is 9.59. The number of para-hydroxylation sites is 1. The molecule has 4 rings (SSSR count). The summed E-state index contributed by atoms with van der Waals surface area (Å²) in [5, 5.41) is 3.23. The first-order valence-corrected chi connectivity index (χ1v) is 12.0. The first kappa shape index (κ1) is 21.3. The smallest absolute Gasteiger partial charge is 0.250 e. The fourth-order valence-corrected chi connectivity index (χ4v) is 5.63. The Morgan fingerprint density at radius 3 is 2.58 bits per heavy atom. The molecule has 1 aliphatic heterocycles. The van der Waals surface area contributed by atoms with Crippen LogP contribution in [0.25, 0.3) is 11.0 Å². The van der Waals surface area contributed by atoms with E-state index >= 15 is 0 Å². The molecule has 0 bridgehead atoms. The number of anilines is 1. The zero-order valence-electron chi connectivity index (χ0n) is 17.5. The number of fused-ring (bicyclic) bond motifs is 1. The summed E-state index contributed by atoms with van der Waals surface area (Å²) in [6.07, 6.45) is 2.87. The molecule has 0 radical (unpaired) electrons. The van der Waals surface area contributed by atoms with E-state index in [4.69, 9.17) is 10.7 Å². The van der Waals surface area contributed by atoms with Crippen molar-refractivity contribution in [2.75, 3.05) is 18.4 Å². The Bertz CT molecular complexity index is 1210. The lowest BCUT2D eigenvalue weighted by molar-refractivity contribution is 0.100. The van der Waals surface area contributed by atoms with Gasteiger partial charge in [0.1, 0.15) is 5.82 Å². The van der Waals surface area contributed by atoms with Crippen LogP contribution in [0.4, 0.5) is 5.69 Å². The van der Waals surface area contributed by atoms with Gasteiger partial charge in [0.2, 0.25) is 10.0 Å². The lowest BCUT2D eigenvalue weighted by Crippen LogP contribution is -2.35. The average molecular weight is 442 g/mol. The fraction of sp³-hybridized carbons (Fsp3) is 0.364. The molecule has 3 aromatic rings. The van der Waals surface area contributed by atoms with Crippen molar-refractivity contribution < 1.29 is 13.2 Å². The van der Waals surface area contributed by atoms with Crippen LogP contribution in [0.2, 0.25) is 0 Å². The first-order chi connectivity index (χ1) is 14.9. The Hall–Kier alpha value is -2.91. The molecule has 0 spiro atoms. The third kappa shape index (κ3) is 4.15. The summed E-state index contributed by atoms with van der Waals surface area (Å²) < 4.78 is 29.7. The van der Waals surface area contributed by atoms with Gasteiger partial charge < -0.3 is 15.6 Å². The van der Waals surface area contributed by atoms with E-state index in [-0.39, 0.29) is 4.90 Å². The third-order valence-corrected chi connectivity index (χ3v) is 7.59. The van der Waals surface area contributed by atoms with Crippen molar-refractivity contribution in [2.24, 2.45) is 5.73 Å². The quantitative estimate of drug-likeness (QED) is 0.586. The molecule has 3 N–H and O–H groups in total. The number of hydrogen-bond donors (Lipinski definition) is 2. The van der Waals surface area contributed by atoms with Gasteiger partial charge in [0.25, 0.3) is 5.91 Å². The van der Waals surface area contributed by atoms with Gasteiger partial charge in [-0.15, -0.1) is 0 Å². The Morgan fingerprint density at radius 1 is 1.13 bits per heavy atom. The minimum absolute atomic E-state index is 0.279. The average Bonchev–Trinajstić information content (AvgIpc) is 3.15. The number of imidazole rings is 1. The van der Waals surface area contributed by atoms with Crippen LogP contribution < -0.4 is 11.1 Å². The maximum absolute atomic E-state index is 13.0. The van der Waals surface area contributed by atoms with Gasteiger partial charge >= 0.3 is 0 Å². The van der Waals surface area contributed by atoms with Crippen molar-refractivity contribution in [2.45, 2.75) is 44.2 Å². The molecule has 1 fully saturated rings. The van der Waals surface area contributed by atoms with E-state index in [9.17, 15) is 13.2 Å². The number of aryl methyl sites for hydroxylation is 1. The highest BCUT2D eigenvalue weighted by atomic mass is 32.2. The van der Waals surface area contributed by atoms with Crippen molar-refractivity contribution in [3.05, 3.63) is 53.9 Å². The normalized spacial score (nSPS) is 15.3.